The fourth-order valence-electron chi connectivity index (χ4n) is 4.83. The van der Waals surface area contributed by atoms with E-state index in [2.05, 4.69) is 11.5 Å². The lowest BCUT2D eigenvalue weighted by atomic mass is 9.98. The lowest BCUT2D eigenvalue weighted by Gasteiger charge is -2.46. The Morgan fingerprint density at radius 2 is 1.45 bits per heavy atom. The van der Waals surface area contributed by atoms with Gasteiger partial charge in [-0.2, -0.15) is 0 Å². The summed E-state index contributed by atoms with van der Waals surface area (Å²) in [5.74, 6) is 0.368. The zero-order valence-corrected chi connectivity index (χ0v) is 20.8. The number of rotatable bonds is 9. The second-order valence-electron chi connectivity index (χ2n) is 9.00. The lowest BCUT2D eigenvalue weighted by Crippen LogP contribution is -2.49. The molecule has 0 unspecified atom stereocenters. The van der Waals surface area contributed by atoms with Gasteiger partial charge in [-0.25, -0.2) is 0 Å². The lowest BCUT2D eigenvalue weighted by molar-refractivity contribution is -0.384. The Balaban J connectivity index is 1.72. The van der Waals surface area contributed by atoms with Crippen molar-refractivity contribution in [3.8, 4) is 5.75 Å². The molecule has 0 radical (unpaired) electrons. The normalized spacial score (nSPS) is 14.6. The molecule has 0 bridgehead atoms. The minimum Gasteiger partial charge on any atom is -0.489 e. The van der Waals surface area contributed by atoms with Crippen LogP contribution in [0.25, 0.3) is 0 Å². The SMILES string of the molecule is C=CCOc1ccccc1[C@H]1N(Cc2ccccc2)C(=O)c2cc([N+](=O)[O-])ccc2N1Cc1ccccc1. The molecule has 1 amide bonds. The third-order valence-electron chi connectivity index (χ3n) is 6.53. The van der Waals surface area contributed by atoms with Crippen LogP contribution < -0.4 is 9.64 Å². The molecule has 190 valence electrons. The van der Waals surface area contributed by atoms with Crippen LogP contribution in [0, 0.1) is 10.1 Å². The fraction of sp³-hybridized carbons (Fsp3) is 0.129. The molecule has 4 aromatic carbocycles. The van der Waals surface area contributed by atoms with Crippen LogP contribution in [0.3, 0.4) is 0 Å². The smallest absolute Gasteiger partial charge is 0.270 e. The van der Waals surface area contributed by atoms with Crippen LogP contribution >= 0.6 is 0 Å². The van der Waals surface area contributed by atoms with Crippen molar-refractivity contribution in [3.05, 3.63) is 148 Å². The number of hydrogen-bond donors (Lipinski definition) is 0. The fourth-order valence-corrected chi connectivity index (χ4v) is 4.83. The molecule has 38 heavy (non-hydrogen) atoms. The van der Waals surface area contributed by atoms with Gasteiger partial charge in [-0.15, -0.1) is 0 Å². The highest BCUT2D eigenvalue weighted by molar-refractivity contribution is 6.02. The van der Waals surface area contributed by atoms with Gasteiger partial charge in [0.25, 0.3) is 11.6 Å². The first kappa shape index (κ1) is 24.8. The van der Waals surface area contributed by atoms with Crippen molar-refractivity contribution in [1.29, 1.82) is 0 Å². The minimum atomic E-state index is -0.530. The molecule has 7 nitrogen and oxygen atoms in total. The molecule has 0 aromatic heterocycles. The van der Waals surface area contributed by atoms with Crippen LogP contribution in [0.15, 0.2) is 116 Å². The third-order valence-corrected chi connectivity index (χ3v) is 6.53. The third kappa shape index (κ3) is 4.99. The number of carbonyl (C=O) groups excluding carboxylic acids is 1. The number of benzene rings is 4. The van der Waals surface area contributed by atoms with E-state index in [1.54, 1.807) is 17.0 Å². The van der Waals surface area contributed by atoms with Gasteiger partial charge in [-0.1, -0.05) is 91.5 Å². The monoisotopic (exact) mass is 505 g/mol. The Morgan fingerprint density at radius 3 is 2.08 bits per heavy atom. The van der Waals surface area contributed by atoms with E-state index in [1.165, 1.54) is 12.1 Å². The maximum atomic E-state index is 14.1. The summed E-state index contributed by atoms with van der Waals surface area (Å²) in [6, 6.07) is 31.9. The number of para-hydroxylation sites is 1. The van der Waals surface area contributed by atoms with Gasteiger partial charge in [0, 0.05) is 30.8 Å². The highest BCUT2D eigenvalue weighted by Gasteiger charge is 2.40. The summed E-state index contributed by atoms with van der Waals surface area (Å²) >= 11 is 0. The quantitative estimate of drug-likeness (QED) is 0.147. The molecule has 0 N–H and O–H groups in total. The predicted molar refractivity (Wildman–Crippen MR) is 147 cm³/mol. The molecule has 1 aliphatic rings. The van der Waals surface area contributed by atoms with Gasteiger partial charge in [0.2, 0.25) is 0 Å². The molecule has 7 heteroatoms. The number of amides is 1. The Kier molecular flexibility index (Phi) is 7.17. The van der Waals surface area contributed by atoms with E-state index < -0.39 is 11.1 Å². The van der Waals surface area contributed by atoms with Crippen molar-refractivity contribution < 1.29 is 14.5 Å². The first-order valence-electron chi connectivity index (χ1n) is 12.3. The molecular weight excluding hydrogens is 478 g/mol. The van der Waals surface area contributed by atoms with E-state index >= 15 is 0 Å². The summed E-state index contributed by atoms with van der Waals surface area (Å²) in [7, 11) is 0. The molecule has 1 heterocycles. The Morgan fingerprint density at radius 1 is 0.842 bits per heavy atom. The van der Waals surface area contributed by atoms with E-state index in [9.17, 15) is 14.9 Å². The van der Waals surface area contributed by atoms with Crippen molar-refractivity contribution in [3.63, 3.8) is 0 Å². The van der Waals surface area contributed by atoms with E-state index in [4.69, 9.17) is 4.74 Å². The van der Waals surface area contributed by atoms with Crippen LogP contribution in [0.1, 0.15) is 33.2 Å². The molecular formula is C31H27N3O4. The van der Waals surface area contributed by atoms with Crippen LogP contribution in [0.2, 0.25) is 0 Å². The van der Waals surface area contributed by atoms with Crippen molar-refractivity contribution in [2.75, 3.05) is 11.5 Å². The largest absolute Gasteiger partial charge is 0.489 e. The highest BCUT2D eigenvalue weighted by Crippen LogP contribution is 2.44. The highest BCUT2D eigenvalue weighted by atomic mass is 16.6. The van der Waals surface area contributed by atoms with Gasteiger partial charge in [0.05, 0.1) is 16.2 Å². The average molecular weight is 506 g/mol. The standard InChI is InChI=1S/C31H27N3O4/c1-2-19-38-29-16-10-9-15-26(29)30-32(21-23-11-5-3-6-12-23)28-18-17-25(34(36)37)20-27(28)31(35)33(30)22-24-13-7-4-8-14-24/h2-18,20,30H,1,19,21-22H2/t30-/m1/s1. The number of anilines is 1. The molecule has 0 fully saturated rings. The van der Waals surface area contributed by atoms with E-state index in [-0.39, 0.29) is 11.6 Å². The zero-order chi connectivity index (χ0) is 26.5. The van der Waals surface area contributed by atoms with Crippen molar-refractivity contribution in [2.45, 2.75) is 19.3 Å². The number of ether oxygens (including phenoxy) is 1. The molecule has 0 saturated carbocycles. The van der Waals surface area contributed by atoms with Crippen LogP contribution in [0.5, 0.6) is 5.75 Å². The zero-order valence-electron chi connectivity index (χ0n) is 20.8. The molecule has 0 aliphatic carbocycles. The number of nitro groups is 1. The molecule has 1 atom stereocenters. The number of nitrogens with zero attached hydrogens (tertiary/aromatic N) is 3. The van der Waals surface area contributed by atoms with Crippen molar-refractivity contribution in [2.24, 2.45) is 0 Å². The average Bonchev–Trinajstić information content (AvgIpc) is 2.95. The van der Waals surface area contributed by atoms with Crippen molar-refractivity contribution in [1.82, 2.24) is 4.90 Å². The predicted octanol–water partition coefficient (Wildman–Crippen LogP) is 6.52. The number of fused-ring (bicyclic) bond motifs is 1. The Labute approximate surface area is 221 Å². The van der Waals surface area contributed by atoms with Gasteiger partial charge in [-0.05, 0) is 23.3 Å². The maximum Gasteiger partial charge on any atom is 0.270 e. The van der Waals surface area contributed by atoms with E-state index in [0.29, 0.717) is 36.7 Å². The first-order valence-corrected chi connectivity index (χ1v) is 12.3. The van der Waals surface area contributed by atoms with Crippen LogP contribution in [0.4, 0.5) is 11.4 Å². The number of nitro benzene ring substituents is 1. The van der Waals surface area contributed by atoms with Crippen molar-refractivity contribution >= 4 is 17.3 Å². The number of non-ortho nitro benzene ring substituents is 1. The van der Waals surface area contributed by atoms with E-state index in [1.807, 2.05) is 84.9 Å². The van der Waals surface area contributed by atoms with Gasteiger partial charge in [0.15, 0.2) is 0 Å². The minimum absolute atomic E-state index is 0.121. The Bertz CT molecular complexity index is 1460. The van der Waals surface area contributed by atoms with Gasteiger partial charge >= 0.3 is 0 Å². The number of carbonyl (C=O) groups is 1. The second kappa shape index (κ2) is 11.0. The summed E-state index contributed by atoms with van der Waals surface area (Å²) in [4.78, 5) is 29.1. The van der Waals surface area contributed by atoms with Gasteiger partial charge in [-0.3, -0.25) is 14.9 Å². The number of hydrogen-bond acceptors (Lipinski definition) is 5. The van der Waals surface area contributed by atoms with E-state index in [0.717, 1.165) is 16.7 Å². The summed E-state index contributed by atoms with van der Waals surface area (Å²) in [6.07, 6.45) is 1.15. The second-order valence-corrected chi connectivity index (χ2v) is 9.00. The maximum absolute atomic E-state index is 14.1. The summed E-state index contributed by atoms with van der Waals surface area (Å²) < 4.78 is 6.04. The van der Waals surface area contributed by atoms with Gasteiger partial charge < -0.3 is 14.5 Å². The summed E-state index contributed by atoms with van der Waals surface area (Å²) in [6.45, 7) is 4.88. The first-order chi connectivity index (χ1) is 18.6. The molecule has 1 aliphatic heterocycles. The summed E-state index contributed by atoms with van der Waals surface area (Å²) in [5, 5.41) is 11.6. The van der Waals surface area contributed by atoms with Gasteiger partial charge in [0.1, 0.15) is 18.5 Å². The van der Waals surface area contributed by atoms with Crippen LogP contribution in [-0.4, -0.2) is 22.3 Å². The molecule has 5 rings (SSSR count). The molecule has 0 spiro atoms. The van der Waals surface area contributed by atoms with Crippen LogP contribution in [-0.2, 0) is 13.1 Å². The molecule has 4 aromatic rings. The summed E-state index contributed by atoms with van der Waals surface area (Å²) in [5.41, 5.74) is 3.62. The molecule has 0 saturated heterocycles. The Hall–Kier alpha value is -4.91. The topological polar surface area (TPSA) is 75.9 Å².